The summed E-state index contributed by atoms with van der Waals surface area (Å²) in [7, 11) is 1.51. The molecule has 2 heterocycles. The van der Waals surface area contributed by atoms with Gasteiger partial charge in [-0.1, -0.05) is 0 Å². The molecule has 0 saturated heterocycles. The Kier molecular flexibility index (Phi) is 6.05. The minimum Gasteiger partial charge on any atom is -0.497 e. The van der Waals surface area contributed by atoms with Gasteiger partial charge in [-0.25, -0.2) is 27.3 Å². The molecule has 1 aliphatic rings. The number of nitrogens with zero attached hydrogens (tertiary/aromatic N) is 4. The summed E-state index contributed by atoms with van der Waals surface area (Å²) in [4.78, 5) is 34.8. The van der Waals surface area contributed by atoms with Crippen LogP contribution in [0.25, 0.3) is 5.69 Å². The molecule has 0 spiro atoms. The first kappa shape index (κ1) is 23.3. The molecule has 184 valence electrons. The van der Waals surface area contributed by atoms with Gasteiger partial charge in [-0.05, 0) is 72.4 Å². The van der Waals surface area contributed by atoms with Crippen LogP contribution in [0.15, 0.2) is 64.4 Å². The van der Waals surface area contributed by atoms with Gasteiger partial charge in [-0.2, -0.15) is 4.98 Å². The highest BCUT2D eigenvalue weighted by Crippen LogP contribution is 2.40. The van der Waals surface area contributed by atoms with E-state index in [2.05, 4.69) is 15.3 Å². The maximum absolute atomic E-state index is 13.9. The van der Waals surface area contributed by atoms with Crippen LogP contribution in [0.4, 0.5) is 24.8 Å². The Balaban J connectivity index is 1.63. The number of pyridine rings is 1. The van der Waals surface area contributed by atoms with Crippen LogP contribution >= 0.6 is 0 Å². The zero-order chi connectivity index (χ0) is 25.4. The minimum atomic E-state index is -1.62. The van der Waals surface area contributed by atoms with E-state index in [1.54, 1.807) is 36.5 Å². The van der Waals surface area contributed by atoms with Crippen molar-refractivity contribution < 1.29 is 17.9 Å². The molecular weight excluding hydrogens is 475 g/mol. The Labute approximate surface area is 202 Å². The summed E-state index contributed by atoms with van der Waals surface area (Å²) in [6.07, 6.45) is 5.04. The van der Waals surface area contributed by atoms with Crippen LogP contribution in [0.1, 0.15) is 29.9 Å². The Morgan fingerprint density at radius 1 is 1.03 bits per heavy atom. The largest absolute Gasteiger partial charge is 0.497 e. The summed E-state index contributed by atoms with van der Waals surface area (Å²) in [6, 6.07) is 9.87. The van der Waals surface area contributed by atoms with E-state index in [0.717, 1.165) is 39.7 Å². The molecule has 8 nitrogen and oxygen atoms in total. The van der Waals surface area contributed by atoms with Gasteiger partial charge in [-0.3, -0.25) is 9.55 Å². The van der Waals surface area contributed by atoms with Crippen molar-refractivity contribution in [2.75, 3.05) is 12.4 Å². The van der Waals surface area contributed by atoms with Crippen LogP contribution < -0.4 is 21.4 Å². The lowest BCUT2D eigenvalue weighted by Gasteiger charge is -2.16. The van der Waals surface area contributed by atoms with Crippen molar-refractivity contribution in [2.45, 2.75) is 25.3 Å². The molecule has 1 aliphatic carbocycles. The van der Waals surface area contributed by atoms with Crippen LogP contribution in [-0.4, -0.2) is 26.2 Å². The van der Waals surface area contributed by atoms with Crippen molar-refractivity contribution in [3.8, 4) is 11.4 Å². The first-order valence-electron chi connectivity index (χ1n) is 11.1. The summed E-state index contributed by atoms with van der Waals surface area (Å²) in [5.74, 6) is -3.67. The number of hydrogen-bond donors (Lipinski definition) is 1. The summed E-state index contributed by atoms with van der Waals surface area (Å²) in [5.41, 5.74) is -0.119. The van der Waals surface area contributed by atoms with Crippen LogP contribution in [0.3, 0.4) is 0 Å². The quantitative estimate of drug-likeness (QED) is 0.392. The fraction of sp³-hybridized carbons (Fsp3) is 0.200. The van der Waals surface area contributed by atoms with Gasteiger partial charge in [-0.15, -0.1) is 0 Å². The van der Waals surface area contributed by atoms with Crippen molar-refractivity contribution in [2.24, 2.45) is 0 Å². The molecule has 0 atom stereocenters. The monoisotopic (exact) mass is 495 g/mol. The number of ether oxygens (including phenoxy) is 1. The summed E-state index contributed by atoms with van der Waals surface area (Å²) < 4.78 is 48.3. The van der Waals surface area contributed by atoms with Crippen molar-refractivity contribution in [1.82, 2.24) is 19.1 Å². The van der Waals surface area contributed by atoms with Crippen molar-refractivity contribution in [1.29, 1.82) is 0 Å². The lowest BCUT2D eigenvalue weighted by Crippen LogP contribution is -2.41. The molecule has 1 N–H and O–H groups in total. The summed E-state index contributed by atoms with van der Waals surface area (Å²) in [6.45, 7) is -0.394. The Morgan fingerprint density at radius 3 is 2.36 bits per heavy atom. The summed E-state index contributed by atoms with van der Waals surface area (Å²) >= 11 is 0. The molecule has 5 rings (SSSR count). The molecule has 36 heavy (non-hydrogen) atoms. The van der Waals surface area contributed by atoms with Gasteiger partial charge in [0.05, 0.1) is 25.5 Å². The number of aromatic nitrogens is 4. The van der Waals surface area contributed by atoms with E-state index in [4.69, 9.17) is 4.74 Å². The molecule has 0 amide bonds. The normalized spacial score (nSPS) is 13.0. The number of hydrogen-bond acceptors (Lipinski definition) is 6. The predicted octanol–water partition coefficient (Wildman–Crippen LogP) is 3.88. The smallest absolute Gasteiger partial charge is 0.359 e. The predicted molar refractivity (Wildman–Crippen MR) is 126 cm³/mol. The van der Waals surface area contributed by atoms with Gasteiger partial charge >= 0.3 is 11.4 Å². The summed E-state index contributed by atoms with van der Waals surface area (Å²) in [5, 5.41) is 2.89. The second-order valence-corrected chi connectivity index (χ2v) is 8.40. The molecular formula is C25H20F3N5O3. The maximum atomic E-state index is 13.9. The number of rotatable bonds is 7. The molecule has 11 heteroatoms. The molecule has 1 fully saturated rings. The van der Waals surface area contributed by atoms with Crippen LogP contribution in [0.5, 0.6) is 5.75 Å². The molecule has 2 aromatic carbocycles. The van der Waals surface area contributed by atoms with E-state index >= 15 is 0 Å². The van der Waals surface area contributed by atoms with Gasteiger partial charge in [0.2, 0.25) is 5.95 Å². The molecule has 0 bridgehead atoms. The van der Waals surface area contributed by atoms with Gasteiger partial charge in [0.15, 0.2) is 17.5 Å². The highest BCUT2D eigenvalue weighted by molar-refractivity contribution is 5.55. The van der Waals surface area contributed by atoms with Gasteiger partial charge < -0.3 is 10.1 Å². The van der Waals surface area contributed by atoms with Crippen LogP contribution in [-0.2, 0) is 6.54 Å². The zero-order valence-corrected chi connectivity index (χ0v) is 19.0. The minimum absolute atomic E-state index is 0.0388. The molecule has 2 aromatic heterocycles. The maximum Gasteiger partial charge on any atom is 0.359 e. The second-order valence-electron chi connectivity index (χ2n) is 8.40. The number of benzene rings is 2. The van der Waals surface area contributed by atoms with E-state index in [9.17, 15) is 22.8 Å². The van der Waals surface area contributed by atoms with Gasteiger partial charge in [0.25, 0.3) is 0 Å². The Morgan fingerprint density at radius 2 is 1.72 bits per heavy atom. The van der Waals surface area contributed by atoms with Crippen molar-refractivity contribution in [3.63, 3.8) is 0 Å². The van der Waals surface area contributed by atoms with Gasteiger partial charge in [0, 0.05) is 11.9 Å². The topological polar surface area (TPSA) is 91.0 Å². The van der Waals surface area contributed by atoms with E-state index in [1.165, 1.54) is 13.3 Å². The SMILES string of the molecule is COc1ccc(Nc2nc(=O)n(-c3cncc(C4CC4)c3)c(=O)n2Cc2cc(F)c(F)c(F)c2)cc1. The number of halogens is 3. The highest BCUT2D eigenvalue weighted by atomic mass is 19.2. The van der Waals surface area contributed by atoms with Gasteiger partial charge in [0.1, 0.15) is 5.75 Å². The fourth-order valence-corrected chi connectivity index (χ4v) is 3.85. The first-order chi connectivity index (χ1) is 17.3. The number of methoxy groups -OCH3 is 1. The standard InChI is InChI=1S/C25H20F3N5O3/c1-36-19-6-4-17(5-7-19)30-23-31-24(34)33(18-10-16(11-29-12-18)15-2-3-15)25(35)32(23)13-14-8-20(26)22(28)21(27)9-14/h4-12,15H,2-3,13H2,1H3,(H,30,31,34). The second kappa shape index (κ2) is 9.33. The average molecular weight is 495 g/mol. The number of anilines is 2. The molecule has 0 radical (unpaired) electrons. The molecule has 4 aromatic rings. The van der Waals surface area contributed by atoms with Crippen molar-refractivity contribution >= 4 is 11.6 Å². The third-order valence-electron chi connectivity index (χ3n) is 5.85. The van der Waals surface area contributed by atoms with E-state index in [1.807, 2.05) is 0 Å². The lowest BCUT2D eigenvalue weighted by molar-refractivity contribution is 0.415. The van der Waals surface area contributed by atoms with E-state index in [0.29, 0.717) is 17.4 Å². The third-order valence-corrected chi connectivity index (χ3v) is 5.85. The fourth-order valence-electron chi connectivity index (χ4n) is 3.85. The molecule has 0 unspecified atom stereocenters. The Hall–Kier alpha value is -4.41. The number of nitrogens with one attached hydrogen (secondary N) is 1. The van der Waals surface area contributed by atoms with Crippen LogP contribution in [0, 0.1) is 17.5 Å². The Bertz CT molecular complexity index is 1540. The highest BCUT2D eigenvalue weighted by Gasteiger charge is 2.25. The van der Waals surface area contributed by atoms with Crippen molar-refractivity contribution in [3.05, 3.63) is 104 Å². The van der Waals surface area contributed by atoms with Crippen LogP contribution in [0.2, 0.25) is 0 Å². The molecule has 0 aliphatic heterocycles. The lowest BCUT2D eigenvalue weighted by atomic mass is 10.2. The molecule has 1 saturated carbocycles. The average Bonchev–Trinajstić information content (AvgIpc) is 3.71. The van der Waals surface area contributed by atoms with E-state index in [-0.39, 0.29) is 17.2 Å². The third kappa shape index (κ3) is 4.59. The first-order valence-corrected chi connectivity index (χ1v) is 11.1. The van der Waals surface area contributed by atoms with E-state index < -0.39 is 35.4 Å². The zero-order valence-electron chi connectivity index (χ0n) is 19.0.